The molecular weight excluding hydrogens is 369 g/mol. The lowest BCUT2D eigenvalue weighted by Crippen LogP contribution is -2.37. The van der Waals surface area contributed by atoms with Crippen LogP contribution in [0, 0.1) is 5.82 Å². The lowest BCUT2D eigenvalue weighted by molar-refractivity contribution is -0.0498. The van der Waals surface area contributed by atoms with Crippen LogP contribution in [0.4, 0.5) is 13.2 Å². The van der Waals surface area contributed by atoms with Gasteiger partial charge in [-0.3, -0.25) is 4.99 Å². The number of nitrogens with one attached hydrogen (secondary N) is 3. The van der Waals surface area contributed by atoms with Crippen LogP contribution >= 0.6 is 0 Å². The number of hydrogen-bond donors (Lipinski definition) is 3. The van der Waals surface area contributed by atoms with E-state index < -0.39 is 6.61 Å². The first-order chi connectivity index (χ1) is 13.5. The molecular formula is C20H21F3N4O. The van der Waals surface area contributed by atoms with Gasteiger partial charge in [0, 0.05) is 37.2 Å². The molecule has 3 rings (SSSR count). The second-order valence-electron chi connectivity index (χ2n) is 6.13. The maximum atomic E-state index is 13.3. The molecule has 3 N–H and O–H groups in total. The SMILES string of the molecule is CN=C(NCCc1c[nH]c2cc(F)ccc12)NCc1cccc(OC(F)F)c1. The summed E-state index contributed by atoms with van der Waals surface area (Å²) in [7, 11) is 1.65. The molecule has 0 aliphatic rings. The Morgan fingerprint density at radius 2 is 2.04 bits per heavy atom. The summed E-state index contributed by atoms with van der Waals surface area (Å²) >= 11 is 0. The van der Waals surface area contributed by atoms with Crippen LogP contribution in [-0.2, 0) is 13.0 Å². The Morgan fingerprint density at radius 3 is 2.82 bits per heavy atom. The van der Waals surface area contributed by atoms with E-state index in [1.165, 1.54) is 18.2 Å². The number of hydrogen-bond acceptors (Lipinski definition) is 2. The fraction of sp³-hybridized carbons (Fsp3) is 0.250. The molecule has 1 aromatic heterocycles. The highest BCUT2D eigenvalue weighted by molar-refractivity contribution is 5.83. The Balaban J connectivity index is 1.51. The standard InChI is InChI=1S/C20H21F3N4O/c1-24-20(27-11-13-3-2-4-16(9-13)28-19(22)23)25-8-7-14-12-26-18-10-15(21)5-6-17(14)18/h2-6,9-10,12,19,26H,7-8,11H2,1H3,(H2,24,25,27). The molecule has 0 aliphatic carbocycles. The molecule has 0 saturated carbocycles. The van der Waals surface area contributed by atoms with Gasteiger partial charge < -0.3 is 20.4 Å². The number of alkyl halides is 2. The normalized spacial score (nSPS) is 11.8. The number of benzene rings is 2. The van der Waals surface area contributed by atoms with Gasteiger partial charge in [-0.15, -0.1) is 0 Å². The summed E-state index contributed by atoms with van der Waals surface area (Å²) < 4.78 is 42.3. The monoisotopic (exact) mass is 390 g/mol. The number of fused-ring (bicyclic) bond motifs is 1. The van der Waals surface area contributed by atoms with Gasteiger partial charge in [-0.25, -0.2) is 4.39 Å². The molecule has 5 nitrogen and oxygen atoms in total. The van der Waals surface area contributed by atoms with Crippen LogP contribution in [0.2, 0.25) is 0 Å². The number of halogens is 3. The largest absolute Gasteiger partial charge is 0.435 e. The van der Waals surface area contributed by atoms with Crippen LogP contribution in [0.1, 0.15) is 11.1 Å². The number of ether oxygens (including phenoxy) is 1. The van der Waals surface area contributed by atoms with E-state index >= 15 is 0 Å². The molecule has 8 heteroatoms. The predicted molar refractivity (Wildman–Crippen MR) is 103 cm³/mol. The van der Waals surface area contributed by atoms with Crippen molar-refractivity contribution in [1.82, 2.24) is 15.6 Å². The highest BCUT2D eigenvalue weighted by Crippen LogP contribution is 2.19. The molecule has 0 bridgehead atoms. The fourth-order valence-corrected chi connectivity index (χ4v) is 2.92. The molecule has 0 unspecified atom stereocenters. The van der Waals surface area contributed by atoms with Crippen molar-refractivity contribution < 1.29 is 17.9 Å². The van der Waals surface area contributed by atoms with Crippen LogP contribution in [0.15, 0.2) is 53.7 Å². The minimum atomic E-state index is -2.85. The molecule has 0 atom stereocenters. The van der Waals surface area contributed by atoms with E-state index in [1.54, 1.807) is 25.2 Å². The topological polar surface area (TPSA) is 61.4 Å². The zero-order chi connectivity index (χ0) is 19.9. The van der Waals surface area contributed by atoms with Crippen molar-refractivity contribution in [3.05, 3.63) is 65.6 Å². The number of nitrogens with zero attached hydrogens (tertiary/aromatic N) is 1. The molecule has 1 heterocycles. The summed E-state index contributed by atoms with van der Waals surface area (Å²) in [5, 5.41) is 7.32. The van der Waals surface area contributed by atoms with Crippen LogP contribution in [-0.4, -0.2) is 31.1 Å². The predicted octanol–water partition coefficient (Wildman–Crippen LogP) is 3.82. The molecule has 28 heavy (non-hydrogen) atoms. The van der Waals surface area contributed by atoms with Crippen molar-refractivity contribution in [1.29, 1.82) is 0 Å². The quantitative estimate of drug-likeness (QED) is 0.425. The van der Waals surface area contributed by atoms with Crippen molar-refractivity contribution in [3.63, 3.8) is 0 Å². The van der Waals surface area contributed by atoms with Crippen LogP contribution in [0.25, 0.3) is 10.9 Å². The first-order valence-electron chi connectivity index (χ1n) is 8.79. The van der Waals surface area contributed by atoms with E-state index in [2.05, 4.69) is 25.3 Å². The number of aromatic nitrogens is 1. The number of aliphatic imine (C=N–C) groups is 1. The molecule has 0 amide bonds. The first-order valence-corrected chi connectivity index (χ1v) is 8.79. The van der Waals surface area contributed by atoms with Gasteiger partial charge in [0.15, 0.2) is 5.96 Å². The Kier molecular flexibility index (Phi) is 6.41. The number of guanidine groups is 1. The molecule has 2 aromatic carbocycles. The zero-order valence-corrected chi connectivity index (χ0v) is 15.3. The molecule has 0 saturated heterocycles. The third-order valence-electron chi connectivity index (χ3n) is 4.22. The third-order valence-corrected chi connectivity index (χ3v) is 4.22. The lowest BCUT2D eigenvalue weighted by atomic mass is 10.1. The summed E-state index contributed by atoms with van der Waals surface area (Å²) in [6, 6.07) is 11.2. The Bertz CT molecular complexity index is 956. The number of rotatable bonds is 7. The van der Waals surface area contributed by atoms with Gasteiger partial charge in [0.2, 0.25) is 0 Å². The minimum Gasteiger partial charge on any atom is -0.435 e. The van der Waals surface area contributed by atoms with Crippen molar-refractivity contribution in [2.45, 2.75) is 19.6 Å². The third kappa shape index (κ3) is 5.18. The van der Waals surface area contributed by atoms with Crippen LogP contribution in [0.3, 0.4) is 0 Å². The average Bonchev–Trinajstić information content (AvgIpc) is 3.06. The van der Waals surface area contributed by atoms with Crippen LogP contribution < -0.4 is 15.4 Å². The molecule has 3 aromatic rings. The molecule has 0 spiro atoms. The molecule has 148 valence electrons. The van der Waals surface area contributed by atoms with Gasteiger partial charge in [-0.05, 0) is 47.9 Å². The maximum Gasteiger partial charge on any atom is 0.387 e. The summed E-state index contributed by atoms with van der Waals surface area (Å²) in [4.78, 5) is 7.22. The van der Waals surface area contributed by atoms with Gasteiger partial charge in [0.1, 0.15) is 11.6 Å². The van der Waals surface area contributed by atoms with Gasteiger partial charge in [0.05, 0.1) is 0 Å². The highest BCUT2D eigenvalue weighted by atomic mass is 19.3. The summed E-state index contributed by atoms with van der Waals surface area (Å²) in [5.41, 5.74) is 2.64. The minimum absolute atomic E-state index is 0.119. The Hall–Kier alpha value is -3.16. The van der Waals surface area contributed by atoms with E-state index in [1.807, 2.05) is 12.3 Å². The van der Waals surface area contributed by atoms with Gasteiger partial charge in [-0.2, -0.15) is 8.78 Å². The number of aromatic amines is 1. The van der Waals surface area contributed by atoms with Crippen molar-refractivity contribution in [3.8, 4) is 5.75 Å². The van der Waals surface area contributed by atoms with E-state index in [-0.39, 0.29) is 11.6 Å². The first kappa shape index (κ1) is 19.6. The fourth-order valence-electron chi connectivity index (χ4n) is 2.92. The average molecular weight is 390 g/mol. The lowest BCUT2D eigenvalue weighted by Gasteiger charge is -2.12. The molecule has 0 radical (unpaired) electrons. The molecule has 0 fully saturated rings. The van der Waals surface area contributed by atoms with E-state index in [0.717, 1.165) is 28.5 Å². The maximum absolute atomic E-state index is 13.3. The molecule has 0 aliphatic heterocycles. The van der Waals surface area contributed by atoms with Crippen LogP contribution in [0.5, 0.6) is 5.75 Å². The van der Waals surface area contributed by atoms with Crippen molar-refractivity contribution >= 4 is 16.9 Å². The van der Waals surface area contributed by atoms with E-state index in [0.29, 0.717) is 19.0 Å². The summed E-state index contributed by atoms with van der Waals surface area (Å²) in [5.74, 6) is 0.436. The smallest absolute Gasteiger partial charge is 0.387 e. The summed E-state index contributed by atoms with van der Waals surface area (Å²) in [6.45, 7) is -1.82. The van der Waals surface area contributed by atoms with E-state index in [4.69, 9.17) is 0 Å². The Morgan fingerprint density at radius 1 is 1.18 bits per heavy atom. The highest BCUT2D eigenvalue weighted by Gasteiger charge is 2.07. The summed E-state index contributed by atoms with van der Waals surface area (Å²) in [6.07, 6.45) is 2.60. The second-order valence-corrected chi connectivity index (χ2v) is 6.13. The number of H-pyrrole nitrogens is 1. The van der Waals surface area contributed by atoms with E-state index in [9.17, 15) is 13.2 Å². The van der Waals surface area contributed by atoms with Gasteiger partial charge >= 0.3 is 6.61 Å². The Labute approximate surface area is 160 Å². The van der Waals surface area contributed by atoms with Crippen molar-refractivity contribution in [2.75, 3.05) is 13.6 Å². The second kappa shape index (κ2) is 9.16. The van der Waals surface area contributed by atoms with Gasteiger partial charge in [-0.1, -0.05) is 12.1 Å². The van der Waals surface area contributed by atoms with Crippen molar-refractivity contribution in [2.24, 2.45) is 4.99 Å². The zero-order valence-electron chi connectivity index (χ0n) is 15.3. The van der Waals surface area contributed by atoms with Gasteiger partial charge in [0.25, 0.3) is 0 Å².